The normalized spacial score (nSPS) is 14.0. The summed E-state index contributed by atoms with van der Waals surface area (Å²) in [4.78, 5) is 35.6. The Morgan fingerprint density at radius 2 is 1.62 bits per heavy atom. The molecular formula is C14H6F5N3O6S. The molecule has 3 rings (SSSR count). The Morgan fingerprint density at radius 3 is 2.21 bits per heavy atom. The Hall–Kier alpha value is -3.49. The molecule has 0 bridgehead atoms. The van der Waals surface area contributed by atoms with E-state index in [4.69, 9.17) is 5.73 Å². The number of nitrogen functional groups attached to an aromatic ring is 1. The van der Waals surface area contributed by atoms with E-state index in [1.165, 1.54) is 0 Å². The van der Waals surface area contributed by atoms with Crippen molar-refractivity contribution in [2.45, 2.75) is 5.51 Å². The van der Waals surface area contributed by atoms with Crippen LogP contribution < -0.4 is 20.8 Å². The van der Waals surface area contributed by atoms with E-state index in [2.05, 4.69) is 4.18 Å². The number of fused-ring (bicyclic) bond motifs is 1. The molecule has 1 aromatic carbocycles. The largest absolute Gasteiger partial charge is 0.534 e. The minimum absolute atomic E-state index is 0.0547. The molecule has 29 heavy (non-hydrogen) atoms. The predicted molar refractivity (Wildman–Crippen MR) is 83.8 cm³/mol. The summed E-state index contributed by atoms with van der Waals surface area (Å²) >= 11 is 0. The minimum Gasteiger partial charge on any atom is -0.384 e. The van der Waals surface area contributed by atoms with Crippen molar-refractivity contribution in [2.75, 3.05) is 5.73 Å². The van der Waals surface area contributed by atoms with Gasteiger partial charge in [-0.3, -0.25) is 24.3 Å². The molecule has 9 nitrogen and oxygen atoms in total. The summed E-state index contributed by atoms with van der Waals surface area (Å²) in [5.41, 5.74) is -3.52. The number of nitrogens with zero attached hydrogens (tertiary/aromatic N) is 1. The monoisotopic (exact) mass is 439 g/mol. The number of carbonyl (C=O) groups is 2. The number of imide groups is 1. The molecule has 0 unspecified atom stereocenters. The number of benzene rings is 1. The van der Waals surface area contributed by atoms with E-state index in [0.29, 0.717) is 6.07 Å². The average molecular weight is 439 g/mol. The van der Waals surface area contributed by atoms with Gasteiger partial charge in [0.1, 0.15) is 5.82 Å². The van der Waals surface area contributed by atoms with Gasteiger partial charge in [-0.2, -0.15) is 21.6 Å². The second-order valence-electron chi connectivity index (χ2n) is 5.49. The van der Waals surface area contributed by atoms with E-state index in [0.717, 1.165) is 0 Å². The maximum atomic E-state index is 14.2. The first-order chi connectivity index (χ1) is 13.2. The zero-order valence-electron chi connectivity index (χ0n) is 13.5. The summed E-state index contributed by atoms with van der Waals surface area (Å²) in [6, 6.07) is 0.662. The quantitative estimate of drug-likeness (QED) is 0.312. The van der Waals surface area contributed by atoms with Crippen LogP contribution in [0, 0.1) is 11.6 Å². The topological polar surface area (TPSA) is 138 Å². The molecular weight excluding hydrogens is 433 g/mol. The van der Waals surface area contributed by atoms with Crippen LogP contribution >= 0.6 is 0 Å². The Bertz CT molecular complexity index is 1250. The first kappa shape index (κ1) is 20.2. The molecule has 154 valence electrons. The van der Waals surface area contributed by atoms with Gasteiger partial charge in [0.25, 0.3) is 17.4 Å². The predicted octanol–water partition coefficient (Wildman–Crippen LogP) is 0.810. The zero-order valence-corrected chi connectivity index (χ0v) is 14.3. The van der Waals surface area contributed by atoms with E-state index < -0.39 is 73.0 Å². The van der Waals surface area contributed by atoms with Gasteiger partial charge < -0.3 is 9.92 Å². The molecule has 0 aliphatic carbocycles. The van der Waals surface area contributed by atoms with Crippen LogP contribution in [0.1, 0.15) is 20.7 Å². The lowest BCUT2D eigenvalue weighted by molar-refractivity contribution is -0.0501. The maximum absolute atomic E-state index is 14.2. The van der Waals surface area contributed by atoms with Gasteiger partial charge in [-0.05, 0) is 0 Å². The van der Waals surface area contributed by atoms with Crippen LogP contribution in [0.3, 0.4) is 0 Å². The van der Waals surface area contributed by atoms with Gasteiger partial charge >= 0.3 is 15.6 Å². The molecule has 2 aromatic rings. The molecule has 0 spiro atoms. The summed E-state index contributed by atoms with van der Waals surface area (Å²) in [5, 5.41) is 1.82. The van der Waals surface area contributed by atoms with Gasteiger partial charge in [0, 0.05) is 18.2 Å². The number of anilines is 1. The highest BCUT2D eigenvalue weighted by Gasteiger charge is 2.49. The van der Waals surface area contributed by atoms with Crippen molar-refractivity contribution in [3.63, 3.8) is 0 Å². The second-order valence-corrected chi connectivity index (χ2v) is 7.03. The molecule has 0 saturated heterocycles. The zero-order chi connectivity index (χ0) is 21.9. The smallest absolute Gasteiger partial charge is 0.384 e. The number of hydrogen-bond acceptors (Lipinski definition) is 7. The van der Waals surface area contributed by atoms with Crippen LogP contribution in [0.5, 0.6) is 5.75 Å². The lowest BCUT2D eigenvalue weighted by Gasteiger charge is -2.15. The lowest BCUT2D eigenvalue weighted by atomic mass is 10.1. The standard InChI is InChI=1S/C14H6F5N3O6S/c15-5-2-6(16)8(28-29(26,27)14(17,18)19)3-7(5)22-9(23)1-4-10(11(22)20)13(25)21-12(4)24/h1-3H,20H2,(H,21,24,25). The fraction of sp³-hybridized carbons (Fsp3) is 0.0714. The van der Waals surface area contributed by atoms with E-state index >= 15 is 0 Å². The SMILES string of the molecule is Nc1c2c(cc(=O)n1-c1cc(OS(=O)(=O)C(F)(F)F)c(F)cc1F)C(=O)NC2=O. The van der Waals surface area contributed by atoms with Crippen LogP contribution in [0.15, 0.2) is 23.0 Å². The van der Waals surface area contributed by atoms with Gasteiger partial charge in [0.15, 0.2) is 17.4 Å². The highest BCUT2D eigenvalue weighted by atomic mass is 32.2. The molecule has 1 aliphatic rings. The van der Waals surface area contributed by atoms with Crippen molar-refractivity contribution in [1.29, 1.82) is 0 Å². The number of carbonyl (C=O) groups excluding carboxylic acids is 2. The van der Waals surface area contributed by atoms with E-state index in [1.807, 2.05) is 5.32 Å². The number of aromatic nitrogens is 1. The van der Waals surface area contributed by atoms with Crippen LogP contribution in [-0.2, 0) is 10.1 Å². The van der Waals surface area contributed by atoms with Crippen LogP contribution in [0.4, 0.5) is 27.8 Å². The lowest BCUT2D eigenvalue weighted by Crippen LogP contribution is -2.29. The Labute approximate surface area is 156 Å². The molecule has 1 aliphatic heterocycles. The van der Waals surface area contributed by atoms with Crippen molar-refractivity contribution < 1.29 is 44.1 Å². The minimum atomic E-state index is -6.32. The van der Waals surface area contributed by atoms with Crippen LogP contribution in [-0.4, -0.2) is 30.3 Å². The third-order valence-electron chi connectivity index (χ3n) is 3.68. The van der Waals surface area contributed by atoms with Crippen molar-refractivity contribution in [1.82, 2.24) is 9.88 Å². The van der Waals surface area contributed by atoms with E-state index in [-0.39, 0.29) is 16.7 Å². The first-order valence-corrected chi connectivity index (χ1v) is 8.57. The number of alkyl halides is 3. The van der Waals surface area contributed by atoms with Gasteiger partial charge in [0.2, 0.25) is 0 Å². The molecule has 0 fully saturated rings. The Kier molecular flexibility index (Phi) is 4.37. The van der Waals surface area contributed by atoms with E-state index in [9.17, 15) is 44.8 Å². The van der Waals surface area contributed by atoms with Gasteiger partial charge in [-0.1, -0.05) is 0 Å². The Balaban J connectivity index is 2.24. The number of rotatable bonds is 3. The van der Waals surface area contributed by atoms with Crippen molar-refractivity contribution >= 4 is 27.8 Å². The second kappa shape index (κ2) is 6.26. The number of nitrogens with two attached hydrogens (primary N) is 1. The number of amides is 2. The summed E-state index contributed by atoms with van der Waals surface area (Å²) < 4.78 is 91.4. The van der Waals surface area contributed by atoms with Crippen LogP contribution in [0.2, 0.25) is 0 Å². The average Bonchev–Trinajstić information content (AvgIpc) is 2.84. The third-order valence-corrected chi connectivity index (χ3v) is 4.64. The fourth-order valence-electron chi connectivity index (χ4n) is 2.45. The molecule has 3 N–H and O–H groups in total. The van der Waals surface area contributed by atoms with Gasteiger partial charge in [-0.25, -0.2) is 8.78 Å². The van der Waals surface area contributed by atoms with Crippen molar-refractivity contribution in [2.24, 2.45) is 0 Å². The number of hydrogen-bond donors (Lipinski definition) is 2. The Morgan fingerprint density at radius 1 is 1.00 bits per heavy atom. The third kappa shape index (κ3) is 3.18. The highest BCUT2D eigenvalue weighted by Crippen LogP contribution is 2.32. The highest BCUT2D eigenvalue weighted by molar-refractivity contribution is 7.88. The summed E-state index contributed by atoms with van der Waals surface area (Å²) in [5.74, 6) is -7.80. The molecule has 0 saturated carbocycles. The van der Waals surface area contributed by atoms with Gasteiger partial charge in [0.05, 0.1) is 16.8 Å². The van der Waals surface area contributed by atoms with Gasteiger partial charge in [-0.15, -0.1) is 0 Å². The van der Waals surface area contributed by atoms with Crippen molar-refractivity contribution in [3.8, 4) is 11.4 Å². The molecule has 0 atom stereocenters. The fourth-order valence-corrected chi connectivity index (χ4v) is 2.91. The molecule has 15 heteroatoms. The summed E-state index contributed by atoms with van der Waals surface area (Å²) in [6.45, 7) is 0. The molecule has 2 heterocycles. The number of nitrogens with one attached hydrogen (secondary N) is 1. The first-order valence-electron chi connectivity index (χ1n) is 7.16. The summed E-state index contributed by atoms with van der Waals surface area (Å²) in [6.07, 6.45) is 0. The van der Waals surface area contributed by atoms with Crippen molar-refractivity contribution in [3.05, 3.63) is 51.3 Å². The molecule has 0 radical (unpaired) electrons. The van der Waals surface area contributed by atoms with E-state index in [1.54, 1.807) is 0 Å². The number of halogens is 5. The van der Waals surface area contributed by atoms with Crippen LogP contribution in [0.25, 0.3) is 5.69 Å². The number of pyridine rings is 1. The maximum Gasteiger partial charge on any atom is 0.534 e. The summed E-state index contributed by atoms with van der Waals surface area (Å²) in [7, 11) is -6.32. The molecule has 1 aromatic heterocycles. The molecule has 2 amide bonds.